The number of carbonyl (C=O) groups is 2. The quantitative estimate of drug-likeness (QED) is 0.858. The van der Waals surface area contributed by atoms with Crippen molar-refractivity contribution in [2.24, 2.45) is 5.92 Å². The Kier molecular flexibility index (Phi) is 6.85. The summed E-state index contributed by atoms with van der Waals surface area (Å²) in [5.74, 6) is 0.539. The topological polar surface area (TPSA) is 61.4 Å². The smallest absolute Gasteiger partial charge is 0.243 e. The van der Waals surface area contributed by atoms with Crippen LogP contribution in [0.5, 0.6) is 0 Å². The highest BCUT2D eigenvalue weighted by Crippen LogP contribution is 2.23. The summed E-state index contributed by atoms with van der Waals surface area (Å²) in [6, 6.07) is 7.96. The highest BCUT2D eigenvalue weighted by atomic mass is 35.5. The lowest BCUT2D eigenvalue weighted by Gasteiger charge is -2.32. The van der Waals surface area contributed by atoms with Crippen LogP contribution in [0.15, 0.2) is 24.3 Å². The standard InChI is InChI=1S/C19H27N3O2.ClH/c1-13-3-5-15(6-4-13)12-22-17(7-8-18(22)23)19(24)21-16-11-20-10-9-14(16)2;/h3-6,14,16-17,20H,7-12H2,1-2H3,(H,21,24);1H. The van der Waals surface area contributed by atoms with Gasteiger partial charge in [0, 0.05) is 25.6 Å². The molecule has 0 aromatic heterocycles. The van der Waals surface area contributed by atoms with Crippen molar-refractivity contribution >= 4 is 24.2 Å². The molecule has 3 rings (SSSR count). The summed E-state index contributed by atoms with van der Waals surface area (Å²) in [7, 11) is 0. The molecule has 0 bridgehead atoms. The van der Waals surface area contributed by atoms with Crippen molar-refractivity contribution in [1.29, 1.82) is 0 Å². The van der Waals surface area contributed by atoms with E-state index >= 15 is 0 Å². The van der Waals surface area contributed by atoms with Crippen LogP contribution >= 0.6 is 12.4 Å². The maximum absolute atomic E-state index is 12.7. The van der Waals surface area contributed by atoms with Gasteiger partial charge in [0.15, 0.2) is 0 Å². The Morgan fingerprint density at radius 3 is 2.68 bits per heavy atom. The number of aryl methyl sites for hydroxylation is 1. The van der Waals surface area contributed by atoms with E-state index in [9.17, 15) is 9.59 Å². The number of halogens is 1. The number of likely N-dealkylation sites (tertiary alicyclic amines) is 1. The molecule has 2 fully saturated rings. The monoisotopic (exact) mass is 365 g/mol. The molecule has 2 aliphatic heterocycles. The number of rotatable bonds is 4. The molecule has 2 N–H and O–H groups in total. The molecule has 0 spiro atoms. The molecule has 0 radical (unpaired) electrons. The summed E-state index contributed by atoms with van der Waals surface area (Å²) in [6.07, 6.45) is 2.15. The molecule has 0 aliphatic carbocycles. The fourth-order valence-electron chi connectivity index (χ4n) is 3.56. The predicted molar refractivity (Wildman–Crippen MR) is 101 cm³/mol. The zero-order chi connectivity index (χ0) is 17.1. The van der Waals surface area contributed by atoms with E-state index < -0.39 is 0 Å². The summed E-state index contributed by atoms with van der Waals surface area (Å²) >= 11 is 0. The molecule has 1 aromatic rings. The number of hydrogen-bond donors (Lipinski definition) is 2. The fraction of sp³-hybridized carbons (Fsp3) is 0.579. The molecule has 0 saturated carbocycles. The van der Waals surface area contributed by atoms with Crippen molar-refractivity contribution in [3.63, 3.8) is 0 Å². The lowest BCUT2D eigenvalue weighted by atomic mass is 9.94. The normalized spacial score (nSPS) is 26.2. The molecule has 3 atom stereocenters. The van der Waals surface area contributed by atoms with E-state index in [0.717, 1.165) is 25.1 Å². The zero-order valence-corrected chi connectivity index (χ0v) is 15.8. The Morgan fingerprint density at radius 1 is 1.28 bits per heavy atom. The Morgan fingerprint density at radius 2 is 2.00 bits per heavy atom. The minimum atomic E-state index is -0.340. The van der Waals surface area contributed by atoms with Gasteiger partial charge in [-0.1, -0.05) is 36.8 Å². The van der Waals surface area contributed by atoms with E-state index in [4.69, 9.17) is 0 Å². The van der Waals surface area contributed by atoms with E-state index in [1.165, 1.54) is 5.56 Å². The first-order valence-electron chi connectivity index (χ1n) is 8.90. The number of piperidine rings is 1. The van der Waals surface area contributed by atoms with Crippen LogP contribution in [0.3, 0.4) is 0 Å². The van der Waals surface area contributed by atoms with Gasteiger partial charge < -0.3 is 15.5 Å². The van der Waals surface area contributed by atoms with Gasteiger partial charge >= 0.3 is 0 Å². The minimum Gasteiger partial charge on any atom is -0.350 e. The van der Waals surface area contributed by atoms with Gasteiger partial charge in [-0.15, -0.1) is 12.4 Å². The third-order valence-corrected chi connectivity index (χ3v) is 5.26. The highest BCUT2D eigenvalue weighted by Gasteiger charge is 2.37. The molecule has 2 amide bonds. The van der Waals surface area contributed by atoms with Crippen LogP contribution in [0.1, 0.15) is 37.3 Å². The summed E-state index contributed by atoms with van der Waals surface area (Å²) in [5, 5.41) is 6.49. The number of amides is 2. The van der Waals surface area contributed by atoms with Crippen LogP contribution in [0, 0.1) is 12.8 Å². The second kappa shape index (κ2) is 8.68. The number of nitrogens with zero attached hydrogens (tertiary/aromatic N) is 1. The molecule has 25 heavy (non-hydrogen) atoms. The molecule has 6 heteroatoms. The third-order valence-electron chi connectivity index (χ3n) is 5.26. The van der Waals surface area contributed by atoms with E-state index in [-0.39, 0.29) is 36.3 Å². The van der Waals surface area contributed by atoms with Crippen molar-refractivity contribution in [2.45, 2.75) is 51.7 Å². The Balaban J connectivity index is 0.00000225. The lowest BCUT2D eigenvalue weighted by molar-refractivity contribution is -0.136. The van der Waals surface area contributed by atoms with Crippen LogP contribution in [0.25, 0.3) is 0 Å². The zero-order valence-electron chi connectivity index (χ0n) is 15.0. The lowest BCUT2D eigenvalue weighted by Crippen LogP contribution is -2.54. The summed E-state index contributed by atoms with van der Waals surface area (Å²) in [4.78, 5) is 26.7. The molecule has 1 aromatic carbocycles. The molecular formula is C19H28ClN3O2. The van der Waals surface area contributed by atoms with Gasteiger partial charge in [0.1, 0.15) is 6.04 Å². The fourth-order valence-corrected chi connectivity index (χ4v) is 3.56. The van der Waals surface area contributed by atoms with Crippen LogP contribution in [0.2, 0.25) is 0 Å². The molecule has 5 nitrogen and oxygen atoms in total. The van der Waals surface area contributed by atoms with Crippen LogP contribution in [-0.4, -0.2) is 41.9 Å². The molecular weight excluding hydrogens is 338 g/mol. The Bertz CT molecular complexity index is 605. The van der Waals surface area contributed by atoms with Gasteiger partial charge in [-0.3, -0.25) is 9.59 Å². The van der Waals surface area contributed by atoms with E-state index in [1.54, 1.807) is 4.90 Å². The average molecular weight is 366 g/mol. The van der Waals surface area contributed by atoms with Gasteiger partial charge in [-0.05, 0) is 37.8 Å². The van der Waals surface area contributed by atoms with Crippen molar-refractivity contribution in [3.05, 3.63) is 35.4 Å². The minimum absolute atomic E-state index is 0. The van der Waals surface area contributed by atoms with Gasteiger partial charge in [0.25, 0.3) is 0 Å². The van der Waals surface area contributed by atoms with E-state index in [2.05, 4.69) is 17.6 Å². The predicted octanol–water partition coefficient (Wildman–Crippen LogP) is 2.02. The van der Waals surface area contributed by atoms with Gasteiger partial charge in [-0.2, -0.15) is 0 Å². The van der Waals surface area contributed by atoms with Crippen LogP contribution < -0.4 is 10.6 Å². The molecule has 138 valence electrons. The molecule has 2 heterocycles. The summed E-state index contributed by atoms with van der Waals surface area (Å²) in [6.45, 7) is 6.55. The third kappa shape index (κ3) is 4.73. The second-order valence-corrected chi connectivity index (χ2v) is 7.15. The van der Waals surface area contributed by atoms with Crippen molar-refractivity contribution in [1.82, 2.24) is 15.5 Å². The van der Waals surface area contributed by atoms with E-state index in [1.807, 2.05) is 31.2 Å². The van der Waals surface area contributed by atoms with E-state index in [0.29, 0.717) is 25.3 Å². The number of benzene rings is 1. The molecule has 3 unspecified atom stereocenters. The maximum Gasteiger partial charge on any atom is 0.243 e. The largest absolute Gasteiger partial charge is 0.350 e. The summed E-state index contributed by atoms with van der Waals surface area (Å²) in [5.41, 5.74) is 2.26. The van der Waals surface area contributed by atoms with Gasteiger partial charge in [0.2, 0.25) is 11.8 Å². The first-order chi connectivity index (χ1) is 11.5. The van der Waals surface area contributed by atoms with Crippen molar-refractivity contribution in [3.8, 4) is 0 Å². The first-order valence-corrected chi connectivity index (χ1v) is 8.90. The number of carbonyl (C=O) groups excluding carboxylic acids is 2. The SMILES string of the molecule is Cc1ccc(CN2C(=O)CCC2C(=O)NC2CNCCC2C)cc1.Cl. The van der Waals surface area contributed by atoms with Gasteiger partial charge in [0.05, 0.1) is 0 Å². The number of hydrogen-bond acceptors (Lipinski definition) is 3. The number of nitrogens with one attached hydrogen (secondary N) is 2. The highest BCUT2D eigenvalue weighted by molar-refractivity contribution is 5.91. The van der Waals surface area contributed by atoms with Crippen molar-refractivity contribution < 1.29 is 9.59 Å². The maximum atomic E-state index is 12.7. The molecule has 2 saturated heterocycles. The van der Waals surface area contributed by atoms with Crippen LogP contribution in [0.4, 0.5) is 0 Å². The Labute approximate surface area is 155 Å². The summed E-state index contributed by atoms with van der Waals surface area (Å²) < 4.78 is 0. The average Bonchev–Trinajstić information content (AvgIpc) is 2.93. The van der Waals surface area contributed by atoms with Gasteiger partial charge in [-0.25, -0.2) is 0 Å². The second-order valence-electron chi connectivity index (χ2n) is 7.15. The Hall–Kier alpha value is -1.59. The van der Waals surface area contributed by atoms with Crippen LogP contribution in [-0.2, 0) is 16.1 Å². The molecule has 2 aliphatic rings. The first kappa shape index (κ1) is 19.7. The van der Waals surface area contributed by atoms with Crippen molar-refractivity contribution in [2.75, 3.05) is 13.1 Å².